The van der Waals surface area contributed by atoms with Gasteiger partial charge in [0.05, 0.1) is 0 Å². The van der Waals surface area contributed by atoms with E-state index in [4.69, 9.17) is 0 Å². The molecule has 2 aliphatic rings. The molecule has 128 valence electrons. The molecule has 0 bridgehead atoms. The van der Waals surface area contributed by atoms with Crippen LogP contribution >= 0.6 is 0 Å². The van der Waals surface area contributed by atoms with Crippen LogP contribution in [0.1, 0.15) is 39.0 Å². The number of aliphatic imine (C=N–C) groups is 1. The zero-order chi connectivity index (χ0) is 15.9. The first-order valence-electron chi connectivity index (χ1n) is 9.00. The average molecular weight is 310 g/mol. The summed E-state index contributed by atoms with van der Waals surface area (Å²) in [6.07, 6.45) is 6.47. The second-order valence-corrected chi connectivity index (χ2v) is 7.08. The Hall–Kier alpha value is -0.810. The summed E-state index contributed by atoms with van der Waals surface area (Å²) >= 11 is 0. The third-order valence-corrected chi connectivity index (χ3v) is 5.00. The summed E-state index contributed by atoms with van der Waals surface area (Å²) in [5.74, 6) is 1.85. The Morgan fingerprint density at radius 3 is 2.41 bits per heavy atom. The van der Waals surface area contributed by atoms with E-state index in [0.717, 1.165) is 18.4 Å². The lowest BCUT2D eigenvalue weighted by Gasteiger charge is -2.33. The maximum absolute atomic E-state index is 4.41. The summed E-state index contributed by atoms with van der Waals surface area (Å²) < 4.78 is 0. The molecule has 1 atom stereocenters. The van der Waals surface area contributed by atoms with Gasteiger partial charge in [0.2, 0.25) is 0 Å². The molecule has 1 aliphatic carbocycles. The number of rotatable bonds is 7. The molecule has 0 radical (unpaired) electrons. The molecule has 0 aromatic heterocycles. The SMILES string of the molecule is CCCN1CCC(NC(=NC)NCC(C2CC2)N(C)C)CC1. The normalized spacial score (nSPS) is 22.9. The van der Waals surface area contributed by atoms with Crippen LogP contribution in [-0.2, 0) is 0 Å². The van der Waals surface area contributed by atoms with Crippen molar-refractivity contribution in [3.63, 3.8) is 0 Å². The predicted molar refractivity (Wildman–Crippen MR) is 94.4 cm³/mol. The van der Waals surface area contributed by atoms with Crippen LogP contribution in [0.15, 0.2) is 4.99 Å². The average Bonchev–Trinajstić information content (AvgIpc) is 3.33. The van der Waals surface area contributed by atoms with Crippen molar-refractivity contribution in [1.29, 1.82) is 0 Å². The maximum Gasteiger partial charge on any atom is 0.191 e. The van der Waals surface area contributed by atoms with Crippen molar-refractivity contribution in [2.24, 2.45) is 10.9 Å². The predicted octanol–water partition coefficient (Wildman–Crippen LogP) is 1.37. The summed E-state index contributed by atoms with van der Waals surface area (Å²) in [7, 11) is 6.25. The molecule has 5 heteroatoms. The van der Waals surface area contributed by atoms with Crippen LogP contribution < -0.4 is 10.6 Å². The van der Waals surface area contributed by atoms with Crippen molar-refractivity contribution in [2.75, 3.05) is 47.3 Å². The van der Waals surface area contributed by atoms with Gasteiger partial charge in [-0.3, -0.25) is 4.99 Å². The second kappa shape index (κ2) is 8.73. The van der Waals surface area contributed by atoms with Crippen molar-refractivity contribution < 1.29 is 0 Å². The first kappa shape index (κ1) is 17.5. The zero-order valence-corrected chi connectivity index (χ0v) is 14.9. The molecule has 1 heterocycles. The smallest absolute Gasteiger partial charge is 0.191 e. The standard InChI is InChI=1S/C17H35N5/c1-5-10-22-11-8-15(9-12-22)20-17(18-2)19-13-16(21(3)4)14-6-7-14/h14-16H,5-13H2,1-4H3,(H2,18,19,20). The summed E-state index contributed by atoms with van der Waals surface area (Å²) in [6.45, 7) is 6.92. The summed E-state index contributed by atoms with van der Waals surface area (Å²) in [5, 5.41) is 7.16. The zero-order valence-electron chi connectivity index (χ0n) is 14.9. The third kappa shape index (κ3) is 5.43. The molecule has 1 saturated carbocycles. The fraction of sp³-hybridized carbons (Fsp3) is 0.941. The maximum atomic E-state index is 4.41. The van der Waals surface area contributed by atoms with Gasteiger partial charge >= 0.3 is 0 Å². The fourth-order valence-electron chi connectivity index (χ4n) is 3.46. The number of nitrogens with zero attached hydrogens (tertiary/aromatic N) is 3. The Morgan fingerprint density at radius 1 is 1.23 bits per heavy atom. The highest BCUT2D eigenvalue weighted by Crippen LogP contribution is 2.34. The molecule has 2 N–H and O–H groups in total. The van der Waals surface area contributed by atoms with E-state index in [1.165, 1.54) is 51.7 Å². The van der Waals surface area contributed by atoms with Crippen LogP contribution in [0.4, 0.5) is 0 Å². The van der Waals surface area contributed by atoms with E-state index in [2.05, 4.69) is 46.4 Å². The molecule has 2 rings (SSSR count). The van der Waals surface area contributed by atoms with Crippen LogP contribution in [0.3, 0.4) is 0 Å². The van der Waals surface area contributed by atoms with Gasteiger partial charge in [-0.05, 0) is 58.7 Å². The van der Waals surface area contributed by atoms with Crippen molar-refractivity contribution in [2.45, 2.75) is 51.1 Å². The molecule has 0 amide bonds. The molecule has 2 fully saturated rings. The van der Waals surface area contributed by atoms with Crippen molar-refractivity contribution in [1.82, 2.24) is 20.4 Å². The Morgan fingerprint density at radius 2 is 1.91 bits per heavy atom. The van der Waals surface area contributed by atoms with Gasteiger partial charge in [0.25, 0.3) is 0 Å². The minimum absolute atomic E-state index is 0.568. The van der Waals surface area contributed by atoms with Gasteiger partial charge in [-0.1, -0.05) is 6.92 Å². The molecular formula is C17H35N5. The van der Waals surface area contributed by atoms with E-state index < -0.39 is 0 Å². The minimum Gasteiger partial charge on any atom is -0.355 e. The number of nitrogens with one attached hydrogen (secondary N) is 2. The minimum atomic E-state index is 0.568. The van der Waals surface area contributed by atoms with Gasteiger partial charge < -0.3 is 20.4 Å². The highest BCUT2D eigenvalue weighted by molar-refractivity contribution is 5.80. The van der Waals surface area contributed by atoms with Gasteiger partial charge in [-0.15, -0.1) is 0 Å². The highest BCUT2D eigenvalue weighted by atomic mass is 15.2. The number of likely N-dealkylation sites (N-methyl/N-ethyl adjacent to an activating group) is 1. The van der Waals surface area contributed by atoms with E-state index in [0.29, 0.717) is 12.1 Å². The van der Waals surface area contributed by atoms with Gasteiger partial charge in [0.1, 0.15) is 0 Å². The fourth-order valence-corrected chi connectivity index (χ4v) is 3.46. The van der Waals surface area contributed by atoms with Crippen LogP contribution in [0.2, 0.25) is 0 Å². The second-order valence-electron chi connectivity index (χ2n) is 7.08. The Bertz CT molecular complexity index is 341. The molecular weight excluding hydrogens is 274 g/mol. The molecule has 1 saturated heterocycles. The summed E-state index contributed by atoms with van der Waals surface area (Å²) in [4.78, 5) is 9.33. The van der Waals surface area contributed by atoms with Gasteiger partial charge in [0, 0.05) is 38.8 Å². The highest BCUT2D eigenvalue weighted by Gasteiger charge is 2.32. The van der Waals surface area contributed by atoms with Crippen LogP contribution in [0.25, 0.3) is 0 Å². The lowest BCUT2D eigenvalue weighted by molar-refractivity contribution is 0.206. The quantitative estimate of drug-likeness (QED) is 0.551. The molecule has 0 aromatic carbocycles. The summed E-state index contributed by atoms with van der Waals surface area (Å²) in [6, 6.07) is 1.20. The number of hydrogen-bond acceptors (Lipinski definition) is 3. The lowest BCUT2D eigenvalue weighted by Crippen LogP contribution is -2.51. The number of hydrogen-bond donors (Lipinski definition) is 2. The van der Waals surface area contributed by atoms with Crippen molar-refractivity contribution >= 4 is 5.96 Å². The third-order valence-electron chi connectivity index (χ3n) is 5.00. The van der Waals surface area contributed by atoms with E-state index in [9.17, 15) is 0 Å². The van der Waals surface area contributed by atoms with E-state index in [1.54, 1.807) is 0 Å². The Kier molecular flexibility index (Phi) is 6.96. The lowest BCUT2D eigenvalue weighted by atomic mass is 10.1. The largest absolute Gasteiger partial charge is 0.355 e. The van der Waals surface area contributed by atoms with Crippen molar-refractivity contribution in [3.8, 4) is 0 Å². The monoisotopic (exact) mass is 309 g/mol. The molecule has 1 aliphatic heterocycles. The molecule has 1 unspecified atom stereocenters. The topological polar surface area (TPSA) is 42.9 Å². The number of piperidine rings is 1. The van der Waals surface area contributed by atoms with Crippen molar-refractivity contribution in [3.05, 3.63) is 0 Å². The van der Waals surface area contributed by atoms with Crippen LogP contribution in [-0.4, -0.2) is 75.2 Å². The first-order chi connectivity index (χ1) is 10.6. The summed E-state index contributed by atoms with van der Waals surface area (Å²) in [5.41, 5.74) is 0. The molecule has 22 heavy (non-hydrogen) atoms. The number of likely N-dealkylation sites (tertiary alicyclic amines) is 1. The van der Waals surface area contributed by atoms with Gasteiger partial charge in [-0.2, -0.15) is 0 Å². The Balaban J connectivity index is 1.71. The van der Waals surface area contributed by atoms with Gasteiger partial charge in [-0.25, -0.2) is 0 Å². The van der Waals surface area contributed by atoms with Crippen LogP contribution in [0, 0.1) is 5.92 Å². The van der Waals surface area contributed by atoms with E-state index >= 15 is 0 Å². The van der Waals surface area contributed by atoms with Crippen LogP contribution in [0.5, 0.6) is 0 Å². The van der Waals surface area contributed by atoms with Gasteiger partial charge in [0.15, 0.2) is 5.96 Å². The Labute approximate surface area is 136 Å². The molecule has 0 spiro atoms. The number of guanidine groups is 1. The molecule has 0 aromatic rings. The van der Waals surface area contributed by atoms with E-state index in [-0.39, 0.29) is 0 Å². The first-order valence-corrected chi connectivity index (χ1v) is 9.00. The van der Waals surface area contributed by atoms with E-state index in [1.807, 2.05) is 7.05 Å². The molecule has 5 nitrogen and oxygen atoms in total.